The van der Waals surface area contributed by atoms with Crippen LogP contribution in [0.15, 0.2) is 35.5 Å². The Morgan fingerprint density at radius 2 is 2.04 bits per heavy atom. The summed E-state index contributed by atoms with van der Waals surface area (Å²) in [5, 5.41) is 14.4. The van der Waals surface area contributed by atoms with Crippen LogP contribution in [0, 0.1) is 0 Å². The molecule has 0 fully saturated rings. The number of carbonyl (C=O) groups is 2. The van der Waals surface area contributed by atoms with E-state index < -0.39 is 12.1 Å². The molecule has 0 aliphatic carbocycles. The molecule has 134 valence electrons. The molecule has 8 nitrogen and oxygen atoms in total. The fraction of sp³-hybridized carbons (Fsp3) is 0.438. The van der Waals surface area contributed by atoms with E-state index in [9.17, 15) is 9.59 Å². The van der Waals surface area contributed by atoms with Gasteiger partial charge in [0.2, 0.25) is 5.16 Å². The van der Waals surface area contributed by atoms with Crippen LogP contribution >= 0.6 is 11.8 Å². The van der Waals surface area contributed by atoms with Crippen LogP contribution in [0.4, 0.5) is 4.79 Å². The van der Waals surface area contributed by atoms with E-state index in [1.165, 1.54) is 16.4 Å². The number of ether oxygens (including phenoxy) is 1. The predicted octanol–water partition coefficient (Wildman–Crippen LogP) is 2.06. The van der Waals surface area contributed by atoms with Crippen LogP contribution in [0.25, 0.3) is 0 Å². The number of alkyl carbamates (subject to hydrolysis) is 1. The molecule has 1 amide bonds. The second-order valence-electron chi connectivity index (χ2n) is 5.19. The van der Waals surface area contributed by atoms with Crippen molar-refractivity contribution < 1.29 is 14.3 Å². The number of hydrogen-bond acceptors (Lipinski definition) is 7. The maximum Gasteiger partial charge on any atom is 0.408 e. The third kappa shape index (κ3) is 5.86. The summed E-state index contributed by atoms with van der Waals surface area (Å²) in [5.74, 6) is 0.625. The highest BCUT2D eigenvalue weighted by atomic mass is 32.2. The first-order valence-corrected chi connectivity index (χ1v) is 9.01. The number of aromatic nitrogens is 4. The maximum atomic E-state index is 12.4. The molecule has 0 radical (unpaired) electrons. The molecule has 0 aliphatic heterocycles. The van der Waals surface area contributed by atoms with Crippen molar-refractivity contribution in [3.8, 4) is 0 Å². The molecule has 1 atom stereocenters. The van der Waals surface area contributed by atoms with Gasteiger partial charge in [0.05, 0.1) is 6.04 Å². The van der Waals surface area contributed by atoms with Crippen molar-refractivity contribution in [2.75, 3.05) is 5.75 Å². The van der Waals surface area contributed by atoms with Gasteiger partial charge in [-0.2, -0.15) is 0 Å². The van der Waals surface area contributed by atoms with Gasteiger partial charge in [-0.1, -0.05) is 55.9 Å². The molecule has 0 saturated carbocycles. The number of tetrazole rings is 1. The minimum absolute atomic E-state index is 0.00675. The van der Waals surface area contributed by atoms with E-state index in [1.54, 1.807) is 0 Å². The lowest BCUT2D eigenvalue weighted by atomic mass is 10.1. The lowest BCUT2D eigenvalue weighted by Crippen LogP contribution is -2.42. The Balaban J connectivity index is 1.86. The summed E-state index contributed by atoms with van der Waals surface area (Å²) < 4.78 is 6.60. The first kappa shape index (κ1) is 18.9. The summed E-state index contributed by atoms with van der Waals surface area (Å²) in [5.41, 5.74) is 0.881. The number of Topliss-reactive ketones (excluding diaryl/α,β-unsaturated/α-hetero) is 1. The minimum atomic E-state index is -0.646. The lowest BCUT2D eigenvalue weighted by molar-refractivity contribution is -0.122. The van der Waals surface area contributed by atoms with Gasteiger partial charge in [0, 0.05) is 0 Å². The van der Waals surface area contributed by atoms with Gasteiger partial charge in [-0.25, -0.2) is 9.48 Å². The normalized spacial score (nSPS) is 11.8. The zero-order valence-corrected chi connectivity index (χ0v) is 15.0. The van der Waals surface area contributed by atoms with E-state index in [-0.39, 0.29) is 18.9 Å². The first-order valence-electron chi connectivity index (χ1n) is 8.02. The smallest absolute Gasteiger partial charge is 0.408 e. The molecule has 0 bridgehead atoms. The molecule has 1 aromatic heterocycles. The van der Waals surface area contributed by atoms with Gasteiger partial charge in [0.25, 0.3) is 0 Å². The molecule has 2 rings (SSSR count). The van der Waals surface area contributed by atoms with Crippen molar-refractivity contribution in [1.82, 2.24) is 25.5 Å². The van der Waals surface area contributed by atoms with Crippen molar-refractivity contribution in [3.05, 3.63) is 35.9 Å². The van der Waals surface area contributed by atoms with Crippen molar-refractivity contribution in [3.63, 3.8) is 0 Å². The van der Waals surface area contributed by atoms with Crippen LogP contribution in [-0.4, -0.2) is 43.9 Å². The maximum absolute atomic E-state index is 12.4. The molecular weight excluding hydrogens is 342 g/mol. The third-order valence-electron chi connectivity index (χ3n) is 3.38. The minimum Gasteiger partial charge on any atom is -0.445 e. The number of nitrogens with zero attached hydrogens (tertiary/aromatic N) is 4. The lowest BCUT2D eigenvalue weighted by Gasteiger charge is -2.16. The number of carbonyl (C=O) groups excluding carboxylic acids is 2. The van der Waals surface area contributed by atoms with E-state index in [4.69, 9.17) is 4.74 Å². The van der Waals surface area contributed by atoms with E-state index >= 15 is 0 Å². The summed E-state index contributed by atoms with van der Waals surface area (Å²) in [7, 11) is 0. The summed E-state index contributed by atoms with van der Waals surface area (Å²) >= 11 is 1.45. The van der Waals surface area contributed by atoms with Gasteiger partial charge in [0.1, 0.15) is 13.2 Å². The fourth-order valence-electron chi connectivity index (χ4n) is 2.10. The molecule has 1 heterocycles. The SMILES string of the molecule is CCSc1nnnn1CC(=O)C(CC)NC(=O)OCc1ccccc1. The van der Waals surface area contributed by atoms with Gasteiger partial charge < -0.3 is 10.1 Å². The van der Waals surface area contributed by atoms with Crippen molar-refractivity contribution >= 4 is 23.6 Å². The Labute approximate surface area is 150 Å². The standard InChI is InChI=1S/C16H21N5O3S/c1-3-13(14(22)10-21-15(25-4-2)18-19-20-21)17-16(23)24-11-12-8-6-5-7-9-12/h5-9,13H,3-4,10-11H2,1-2H3,(H,17,23). The Bertz CT molecular complexity index is 692. The second-order valence-corrected chi connectivity index (χ2v) is 6.42. The highest BCUT2D eigenvalue weighted by Gasteiger charge is 2.21. The number of ketones is 1. The molecular formula is C16H21N5O3S. The molecule has 0 aliphatic rings. The van der Waals surface area contributed by atoms with E-state index in [2.05, 4.69) is 20.8 Å². The van der Waals surface area contributed by atoms with Gasteiger partial charge in [0.15, 0.2) is 5.78 Å². The molecule has 1 unspecified atom stereocenters. The quantitative estimate of drug-likeness (QED) is 0.681. The van der Waals surface area contributed by atoms with E-state index in [1.807, 2.05) is 44.2 Å². The molecule has 2 aromatic rings. The molecule has 25 heavy (non-hydrogen) atoms. The topological polar surface area (TPSA) is 99.0 Å². The van der Waals surface area contributed by atoms with E-state index in [0.29, 0.717) is 11.6 Å². The van der Waals surface area contributed by atoms with Crippen molar-refractivity contribution in [1.29, 1.82) is 0 Å². The number of rotatable bonds is 9. The third-order valence-corrected chi connectivity index (χ3v) is 4.22. The number of amides is 1. The summed E-state index contributed by atoms with van der Waals surface area (Å²) in [6.07, 6.45) is -0.165. The molecule has 1 aromatic carbocycles. The molecule has 0 spiro atoms. The number of nitrogens with one attached hydrogen (secondary N) is 1. The van der Waals surface area contributed by atoms with Gasteiger partial charge in [-0.05, 0) is 28.2 Å². The van der Waals surface area contributed by atoms with Crippen LogP contribution in [0.3, 0.4) is 0 Å². The number of benzene rings is 1. The first-order chi connectivity index (χ1) is 12.1. The van der Waals surface area contributed by atoms with Crippen LogP contribution in [0.1, 0.15) is 25.8 Å². The van der Waals surface area contributed by atoms with Gasteiger partial charge >= 0.3 is 6.09 Å². The number of thioether (sulfide) groups is 1. The highest BCUT2D eigenvalue weighted by molar-refractivity contribution is 7.99. The summed E-state index contributed by atoms with van der Waals surface area (Å²) in [4.78, 5) is 24.3. The summed E-state index contributed by atoms with van der Waals surface area (Å²) in [6.45, 7) is 3.96. The highest BCUT2D eigenvalue weighted by Crippen LogP contribution is 2.12. The molecule has 9 heteroatoms. The fourth-order valence-corrected chi connectivity index (χ4v) is 2.71. The van der Waals surface area contributed by atoms with Crippen LogP contribution in [-0.2, 0) is 22.7 Å². The van der Waals surface area contributed by atoms with E-state index in [0.717, 1.165) is 11.3 Å². The van der Waals surface area contributed by atoms with Crippen molar-refractivity contribution in [2.24, 2.45) is 0 Å². The van der Waals surface area contributed by atoms with Crippen LogP contribution in [0.5, 0.6) is 0 Å². The monoisotopic (exact) mass is 363 g/mol. The second kappa shape index (κ2) is 9.77. The average molecular weight is 363 g/mol. The largest absolute Gasteiger partial charge is 0.445 e. The van der Waals surface area contributed by atoms with Gasteiger partial charge in [-0.15, -0.1) is 5.10 Å². The molecule has 0 saturated heterocycles. The Hall–Kier alpha value is -2.42. The summed E-state index contributed by atoms with van der Waals surface area (Å²) in [6, 6.07) is 8.70. The zero-order valence-electron chi connectivity index (χ0n) is 14.2. The Morgan fingerprint density at radius 1 is 1.28 bits per heavy atom. The average Bonchev–Trinajstić information content (AvgIpc) is 3.06. The van der Waals surface area contributed by atoms with Crippen LogP contribution < -0.4 is 5.32 Å². The molecule has 1 N–H and O–H groups in total. The number of hydrogen-bond donors (Lipinski definition) is 1. The van der Waals surface area contributed by atoms with Crippen molar-refractivity contribution in [2.45, 2.75) is 44.6 Å². The van der Waals surface area contributed by atoms with Gasteiger partial charge in [-0.3, -0.25) is 4.79 Å². The zero-order chi connectivity index (χ0) is 18.1. The Kier molecular flexibility index (Phi) is 7.39. The van der Waals surface area contributed by atoms with Crippen LogP contribution in [0.2, 0.25) is 0 Å². The Morgan fingerprint density at radius 3 is 2.72 bits per heavy atom. The predicted molar refractivity (Wildman–Crippen MR) is 93.1 cm³/mol.